The number of ether oxygens (including phenoxy) is 1. The Hall–Kier alpha value is -2.87. The van der Waals surface area contributed by atoms with E-state index in [4.69, 9.17) is 4.74 Å². The van der Waals surface area contributed by atoms with Gasteiger partial charge < -0.3 is 9.64 Å². The number of piperidine rings is 1. The zero-order valence-corrected chi connectivity index (χ0v) is 14.4. The molecule has 1 fully saturated rings. The number of rotatable bonds is 5. The fraction of sp³-hybridized carbons (Fsp3) is 0.316. The summed E-state index contributed by atoms with van der Waals surface area (Å²) in [7, 11) is 0. The molecule has 0 aliphatic carbocycles. The van der Waals surface area contributed by atoms with E-state index >= 15 is 0 Å². The van der Waals surface area contributed by atoms with Crippen LogP contribution in [0.3, 0.4) is 0 Å². The van der Waals surface area contributed by atoms with Crippen molar-refractivity contribution in [1.29, 1.82) is 0 Å². The van der Waals surface area contributed by atoms with Crippen LogP contribution in [0.2, 0.25) is 0 Å². The maximum Gasteiger partial charge on any atom is 0.269 e. The van der Waals surface area contributed by atoms with Crippen molar-refractivity contribution in [2.24, 2.45) is 0 Å². The quantitative estimate of drug-likeness (QED) is 0.589. The molecule has 142 valence electrons. The van der Waals surface area contributed by atoms with Gasteiger partial charge in [0.1, 0.15) is 11.6 Å². The van der Waals surface area contributed by atoms with Crippen molar-refractivity contribution in [2.75, 3.05) is 13.1 Å². The summed E-state index contributed by atoms with van der Waals surface area (Å²) >= 11 is 0. The van der Waals surface area contributed by atoms with Crippen LogP contribution in [-0.2, 0) is 11.3 Å². The smallest absolute Gasteiger partial charge is 0.269 e. The average molecular weight is 376 g/mol. The number of nitro benzene ring substituents is 1. The Morgan fingerprint density at radius 1 is 1.19 bits per heavy atom. The Kier molecular flexibility index (Phi) is 5.75. The van der Waals surface area contributed by atoms with Gasteiger partial charge in [-0.25, -0.2) is 8.78 Å². The Bertz CT molecular complexity index is 822. The Morgan fingerprint density at radius 2 is 1.85 bits per heavy atom. The van der Waals surface area contributed by atoms with Crippen molar-refractivity contribution in [3.05, 3.63) is 75.3 Å². The maximum atomic E-state index is 13.2. The molecule has 0 aromatic heterocycles. The molecule has 0 saturated carbocycles. The molecule has 3 rings (SSSR count). The summed E-state index contributed by atoms with van der Waals surface area (Å²) in [5.41, 5.74) is 0.688. The first-order valence-electron chi connectivity index (χ1n) is 8.52. The normalized spacial score (nSPS) is 17.0. The molecule has 2 aromatic rings. The maximum absolute atomic E-state index is 13.2. The van der Waals surface area contributed by atoms with Gasteiger partial charge in [0.15, 0.2) is 0 Å². The van der Waals surface area contributed by atoms with E-state index in [1.807, 2.05) is 0 Å². The van der Waals surface area contributed by atoms with Crippen LogP contribution >= 0.6 is 0 Å². The number of amides is 1. The second-order valence-corrected chi connectivity index (χ2v) is 6.41. The molecule has 27 heavy (non-hydrogen) atoms. The average Bonchev–Trinajstić information content (AvgIpc) is 2.65. The van der Waals surface area contributed by atoms with Gasteiger partial charge in [-0.15, -0.1) is 0 Å². The van der Waals surface area contributed by atoms with Crippen LogP contribution in [0.15, 0.2) is 42.5 Å². The number of nitro groups is 1. The Morgan fingerprint density at radius 3 is 2.48 bits per heavy atom. The lowest BCUT2D eigenvalue weighted by molar-refractivity contribution is -0.384. The molecule has 1 amide bonds. The van der Waals surface area contributed by atoms with Crippen molar-refractivity contribution < 1.29 is 23.2 Å². The third-order valence-electron chi connectivity index (χ3n) is 4.40. The van der Waals surface area contributed by atoms with Crippen LogP contribution in [0.1, 0.15) is 28.8 Å². The highest BCUT2D eigenvalue weighted by Gasteiger charge is 2.25. The van der Waals surface area contributed by atoms with E-state index in [9.17, 15) is 23.7 Å². The standard InChI is InChI=1S/C19H18F2N2O4/c20-15-8-13(9-16(21)10-15)12-27-18-2-1-7-22(11-18)19(24)14-3-5-17(6-4-14)23(25)26/h3-6,8-10,18H,1-2,7,11-12H2. The molecule has 0 bridgehead atoms. The molecule has 1 unspecified atom stereocenters. The number of likely N-dealkylation sites (tertiary alicyclic amines) is 1. The van der Waals surface area contributed by atoms with Gasteiger partial charge >= 0.3 is 0 Å². The third kappa shape index (κ3) is 4.85. The Labute approximate surface area is 154 Å². The predicted octanol–water partition coefficient (Wildman–Crippen LogP) is 3.69. The van der Waals surface area contributed by atoms with Gasteiger partial charge in [-0.05, 0) is 42.7 Å². The first kappa shape index (κ1) is 18.9. The summed E-state index contributed by atoms with van der Waals surface area (Å²) in [5.74, 6) is -1.55. The van der Waals surface area contributed by atoms with E-state index in [2.05, 4.69) is 0 Å². The van der Waals surface area contributed by atoms with Crippen LogP contribution in [0, 0.1) is 21.7 Å². The largest absolute Gasteiger partial charge is 0.372 e. The number of carbonyl (C=O) groups is 1. The van der Waals surface area contributed by atoms with Crippen LogP contribution in [-0.4, -0.2) is 34.9 Å². The number of non-ortho nitro benzene ring substituents is 1. The summed E-state index contributed by atoms with van der Waals surface area (Å²) in [4.78, 5) is 24.4. The lowest BCUT2D eigenvalue weighted by Crippen LogP contribution is -2.43. The van der Waals surface area contributed by atoms with Crippen LogP contribution in [0.25, 0.3) is 0 Å². The second kappa shape index (κ2) is 8.22. The molecular formula is C19H18F2N2O4. The summed E-state index contributed by atoms with van der Waals surface area (Å²) in [6.45, 7) is 0.969. The van der Waals surface area contributed by atoms with Crippen LogP contribution < -0.4 is 0 Å². The molecule has 0 spiro atoms. The minimum Gasteiger partial charge on any atom is -0.372 e. The van der Waals surface area contributed by atoms with E-state index in [1.54, 1.807) is 4.90 Å². The number of benzene rings is 2. The summed E-state index contributed by atoms with van der Waals surface area (Å²) in [5, 5.41) is 10.7. The lowest BCUT2D eigenvalue weighted by Gasteiger charge is -2.32. The zero-order chi connectivity index (χ0) is 19.4. The molecule has 1 saturated heterocycles. The van der Waals surface area contributed by atoms with Gasteiger partial charge in [-0.1, -0.05) is 0 Å². The van der Waals surface area contributed by atoms with Crippen molar-refractivity contribution in [3.63, 3.8) is 0 Å². The molecule has 1 aliphatic heterocycles. The summed E-state index contributed by atoms with van der Waals surface area (Å²) in [6, 6.07) is 8.68. The summed E-state index contributed by atoms with van der Waals surface area (Å²) in [6.07, 6.45) is 1.23. The van der Waals surface area contributed by atoms with Gasteiger partial charge in [0, 0.05) is 36.9 Å². The zero-order valence-electron chi connectivity index (χ0n) is 14.4. The van der Waals surface area contributed by atoms with E-state index < -0.39 is 16.6 Å². The molecule has 0 N–H and O–H groups in total. The van der Waals surface area contributed by atoms with Gasteiger partial charge in [-0.3, -0.25) is 14.9 Å². The molecule has 1 heterocycles. The highest BCUT2D eigenvalue weighted by Crippen LogP contribution is 2.19. The molecule has 0 radical (unpaired) electrons. The monoisotopic (exact) mass is 376 g/mol. The van der Waals surface area contributed by atoms with E-state index in [0.29, 0.717) is 24.2 Å². The topological polar surface area (TPSA) is 72.7 Å². The van der Waals surface area contributed by atoms with Crippen molar-refractivity contribution >= 4 is 11.6 Å². The minimum absolute atomic E-state index is 0.0545. The summed E-state index contributed by atoms with van der Waals surface area (Å²) < 4.78 is 32.2. The number of hydrogen-bond acceptors (Lipinski definition) is 4. The fourth-order valence-corrected chi connectivity index (χ4v) is 3.08. The van der Waals surface area contributed by atoms with Gasteiger partial charge in [0.2, 0.25) is 0 Å². The molecule has 1 atom stereocenters. The predicted molar refractivity (Wildman–Crippen MR) is 93.2 cm³/mol. The van der Waals surface area contributed by atoms with E-state index in [-0.39, 0.29) is 24.3 Å². The van der Waals surface area contributed by atoms with E-state index in [0.717, 1.165) is 18.9 Å². The van der Waals surface area contributed by atoms with Crippen molar-refractivity contribution in [2.45, 2.75) is 25.6 Å². The molecule has 2 aromatic carbocycles. The molecule has 6 nitrogen and oxygen atoms in total. The Balaban J connectivity index is 1.59. The first-order valence-corrected chi connectivity index (χ1v) is 8.52. The van der Waals surface area contributed by atoms with Crippen molar-refractivity contribution in [1.82, 2.24) is 4.90 Å². The fourth-order valence-electron chi connectivity index (χ4n) is 3.08. The van der Waals surface area contributed by atoms with Gasteiger partial charge in [-0.2, -0.15) is 0 Å². The third-order valence-corrected chi connectivity index (χ3v) is 4.40. The highest BCUT2D eigenvalue weighted by atomic mass is 19.1. The minimum atomic E-state index is -0.660. The van der Waals surface area contributed by atoms with E-state index in [1.165, 1.54) is 36.4 Å². The number of halogens is 2. The highest BCUT2D eigenvalue weighted by molar-refractivity contribution is 5.94. The number of hydrogen-bond donors (Lipinski definition) is 0. The van der Waals surface area contributed by atoms with Crippen molar-refractivity contribution in [3.8, 4) is 0 Å². The van der Waals surface area contributed by atoms with Gasteiger partial charge in [0.25, 0.3) is 11.6 Å². The number of nitrogens with zero attached hydrogens (tertiary/aromatic N) is 2. The lowest BCUT2D eigenvalue weighted by atomic mass is 10.1. The first-order chi connectivity index (χ1) is 12.9. The van der Waals surface area contributed by atoms with Crippen LogP contribution in [0.5, 0.6) is 0 Å². The SMILES string of the molecule is O=C(c1ccc([N+](=O)[O-])cc1)N1CCCC(OCc2cc(F)cc(F)c2)C1. The number of carbonyl (C=O) groups excluding carboxylic acids is 1. The molecule has 1 aliphatic rings. The molecular weight excluding hydrogens is 358 g/mol. The molecule has 8 heteroatoms. The second-order valence-electron chi connectivity index (χ2n) is 6.41. The van der Waals surface area contributed by atoms with Crippen LogP contribution in [0.4, 0.5) is 14.5 Å². The van der Waals surface area contributed by atoms with Gasteiger partial charge in [0.05, 0.1) is 17.6 Å².